The van der Waals surface area contributed by atoms with Gasteiger partial charge >= 0.3 is 0 Å². The molecule has 1 fully saturated rings. The smallest absolute Gasteiger partial charge is 0.295 e. The summed E-state index contributed by atoms with van der Waals surface area (Å²) in [5.74, 6) is -1.02. The van der Waals surface area contributed by atoms with E-state index in [0.29, 0.717) is 24.3 Å². The van der Waals surface area contributed by atoms with Crippen LogP contribution >= 0.6 is 0 Å². The second-order valence-corrected chi connectivity index (χ2v) is 7.84. The Morgan fingerprint density at radius 1 is 1.17 bits per heavy atom. The number of Topliss-reactive ketones (excluding diaryl/α,β-unsaturated/α-hetero) is 1. The topological polar surface area (TPSA) is 78.9 Å². The highest BCUT2D eigenvalue weighted by Gasteiger charge is 2.47. The van der Waals surface area contributed by atoms with Gasteiger partial charge in [-0.3, -0.25) is 9.59 Å². The lowest BCUT2D eigenvalue weighted by Gasteiger charge is -2.23. The number of hydrogen-bond acceptors (Lipinski definition) is 5. The van der Waals surface area contributed by atoms with Gasteiger partial charge in [0.15, 0.2) is 0 Å². The number of rotatable bonds is 6. The highest BCUT2D eigenvalue weighted by Crippen LogP contribution is 2.40. The van der Waals surface area contributed by atoms with Crippen LogP contribution in [0.5, 0.6) is 0 Å². The van der Waals surface area contributed by atoms with E-state index in [1.807, 2.05) is 54.9 Å². The second kappa shape index (κ2) is 7.84. The number of aliphatic hydroxyl groups excluding tert-OH is 1. The van der Waals surface area contributed by atoms with E-state index >= 15 is 0 Å². The number of aliphatic hydroxyl groups is 1. The third-order valence-corrected chi connectivity index (χ3v) is 5.51. The number of likely N-dealkylation sites (tertiary alicyclic amines) is 1. The average molecular weight is 407 g/mol. The van der Waals surface area contributed by atoms with E-state index in [-0.39, 0.29) is 11.3 Å². The van der Waals surface area contributed by atoms with Crippen LogP contribution in [0.25, 0.3) is 16.7 Å². The molecule has 1 atom stereocenters. The predicted molar refractivity (Wildman–Crippen MR) is 114 cm³/mol. The maximum atomic E-state index is 13.0. The van der Waals surface area contributed by atoms with E-state index < -0.39 is 17.7 Å². The molecule has 1 aliphatic rings. The van der Waals surface area contributed by atoms with Crippen molar-refractivity contribution in [2.45, 2.75) is 12.5 Å². The number of hydrogen-bond donors (Lipinski definition) is 1. The zero-order chi connectivity index (χ0) is 21.4. The molecule has 0 saturated carbocycles. The molecule has 3 aromatic rings. The lowest BCUT2D eigenvalue weighted by Crippen LogP contribution is -2.32. The number of nitrogens with zero attached hydrogens (tertiary/aromatic N) is 3. The number of aromatic nitrogens is 1. The molecule has 0 bridgehead atoms. The summed E-state index contributed by atoms with van der Waals surface area (Å²) in [4.78, 5) is 29.4. The van der Waals surface area contributed by atoms with E-state index in [1.54, 1.807) is 18.3 Å². The maximum absolute atomic E-state index is 13.0. The van der Waals surface area contributed by atoms with E-state index in [4.69, 9.17) is 4.42 Å². The molecule has 0 aliphatic carbocycles. The Kier molecular flexibility index (Phi) is 5.22. The largest absolute Gasteiger partial charge is 0.507 e. The van der Waals surface area contributed by atoms with Gasteiger partial charge in [-0.05, 0) is 45.3 Å². The Labute approximate surface area is 174 Å². The van der Waals surface area contributed by atoms with Gasteiger partial charge in [0.2, 0.25) is 0 Å². The standard InChI is InChI=1S/C23H25N3O4/c1-24(2)11-7-12-26-20(18-10-6-13-30-18)19(22(28)23(26)29)21(27)16-14-25(3)17-9-5-4-8-15(16)17/h4-6,8-10,13-14,20,27H,7,11-12H2,1-3H3/b21-19+. The first-order valence-electron chi connectivity index (χ1n) is 9.91. The molecule has 3 heterocycles. The summed E-state index contributed by atoms with van der Waals surface area (Å²) < 4.78 is 7.46. The average Bonchev–Trinajstić information content (AvgIpc) is 3.42. The minimum Gasteiger partial charge on any atom is -0.507 e. The summed E-state index contributed by atoms with van der Waals surface area (Å²) >= 11 is 0. The van der Waals surface area contributed by atoms with Crippen LogP contribution in [0.3, 0.4) is 0 Å². The number of furan rings is 1. The first-order valence-corrected chi connectivity index (χ1v) is 9.91. The van der Waals surface area contributed by atoms with Gasteiger partial charge in [-0.25, -0.2) is 0 Å². The number of ketones is 1. The summed E-state index contributed by atoms with van der Waals surface area (Å²) in [6, 6.07) is 10.3. The van der Waals surface area contributed by atoms with Crippen LogP contribution in [0.1, 0.15) is 23.8 Å². The molecule has 156 valence electrons. The minimum atomic E-state index is -0.749. The van der Waals surface area contributed by atoms with E-state index in [1.165, 1.54) is 11.2 Å². The highest BCUT2D eigenvalue weighted by atomic mass is 16.3. The van der Waals surface area contributed by atoms with Crippen molar-refractivity contribution >= 4 is 28.4 Å². The zero-order valence-electron chi connectivity index (χ0n) is 17.3. The molecule has 0 radical (unpaired) electrons. The third-order valence-electron chi connectivity index (χ3n) is 5.51. The van der Waals surface area contributed by atoms with Gasteiger partial charge in [-0.15, -0.1) is 0 Å². The van der Waals surface area contributed by atoms with Crippen molar-refractivity contribution in [2.24, 2.45) is 7.05 Å². The highest BCUT2D eigenvalue weighted by molar-refractivity contribution is 6.46. The summed E-state index contributed by atoms with van der Waals surface area (Å²) in [5, 5.41) is 12.1. The Balaban J connectivity index is 1.83. The Hall–Kier alpha value is -3.32. The Morgan fingerprint density at radius 2 is 1.93 bits per heavy atom. The number of carbonyl (C=O) groups is 2. The number of aryl methyl sites for hydroxylation is 1. The first kappa shape index (κ1) is 20.0. The normalized spacial score (nSPS) is 18.8. The predicted octanol–water partition coefficient (Wildman–Crippen LogP) is 3.14. The monoisotopic (exact) mass is 407 g/mol. The van der Waals surface area contributed by atoms with Crippen LogP contribution in [0.2, 0.25) is 0 Å². The van der Waals surface area contributed by atoms with Crippen LogP contribution in [-0.4, -0.2) is 58.3 Å². The van der Waals surface area contributed by atoms with Crippen LogP contribution in [0, 0.1) is 0 Å². The fourth-order valence-corrected chi connectivity index (χ4v) is 4.09. The summed E-state index contributed by atoms with van der Waals surface area (Å²) in [6.07, 6.45) is 3.98. The molecule has 1 amide bonds. The van der Waals surface area contributed by atoms with Crippen LogP contribution in [-0.2, 0) is 16.6 Å². The third kappa shape index (κ3) is 3.31. The molecule has 30 heavy (non-hydrogen) atoms. The molecular weight excluding hydrogens is 382 g/mol. The minimum absolute atomic E-state index is 0.0659. The van der Waals surface area contributed by atoms with Gasteiger partial charge in [-0.1, -0.05) is 18.2 Å². The van der Waals surface area contributed by atoms with Crippen molar-refractivity contribution in [3.8, 4) is 0 Å². The summed E-state index contributed by atoms with van der Waals surface area (Å²) in [5.41, 5.74) is 1.51. The molecule has 1 aromatic carbocycles. The lowest BCUT2D eigenvalue weighted by atomic mass is 9.99. The van der Waals surface area contributed by atoms with Crippen molar-refractivity contribution in [2.75, 3.05) is 27.2 Å². The van der Waals surface area contributed by atoms with Gasteiger partial charge in [-0.2, -0.15) is 0 Å². The van der Waals surface area contributed by atoms with E-state index in [0.717, 1.165) is 17.4 Å². The molecular formula is C23H25N3O4. The molecule has 4 rings (SSSR count). The molecule has 1 unspecified atom stereocenters. The van der Waals surface area contributed by atoms with Crippen molar-refractivity contribution in [3.63, 3.8) is 0 Å². The summed E-state index contributed by atoms with van der Waals surface area (Å²) in [7, 11) is 5.79. The number of benzene rings is 1. The van der Waals surface area contributed by atoms with E-state index in [2.05, 4.69) is 0 Å². The van der Waals surface area contributed by atoms with Gasteiger partial charge in [0.25, 0.3) is 11.7 Å². The van der Waals surface area contributed by atoms with E-state index in [9.17, 15) is 14.7 Å². The van der Waals surface area contributed by atoms with Crippen LogP contribution in [0.4, 0.5) is 0 Å². The van der Waals surface area contributed by atoms with Crippen molar-refractivity contribution < 1.29 is 19.1 Å². The van der Waals surface area contributed by atoms with Gasteiger partial charge in [0.05, 0.1) is 11.8 Å². The van der Waals surface area contributed by atoms with Crippen LogP contribution in [0.15, 0.2) is 58.8 Å². The molecule has 1 N–H and O–H groups in total. The number of fused-ring (bicyclic) bond motifs is 1. The Morgan fingerprint density at radius 3 is 2.63 bits per heavy atom. The zero-order valence-corrected chi connectivity index (χ0v) is 17.3. The maximum Gasteiger partial charge on any atom is 0.295 e. The number of carbonyl (C=O) groups excluding carboxylic acids is 2. The molecule has 0 spiro atoms. The fraction of sp³-hybridized carbons (Fsp3) is 0.304. The van der Waals surface area contributed by atoms with Crippen LogP contribution < -0.4 is 0 Å². The second-order valence-electron chi connectivity index (χ2n) is 7.84. The first-order chi connectivity index (χ1) is 14.4. The molecule has 7 nitrogen and oxygen atoms in total. The fourth-order valence-electron chi connectivity index (χ4n) is 4.09. The molecule has 1 saturated heterocycles. The number of para-hydroxylation sites is 1. The molecule has 1 aliphatic heterocycles. The lowest BCUT2D eigenvalue weighted by molar-refractivity contribution is -0.140. The quantitative estimate of drug-likeness (QED) is 0.386. The van der Waals surface area contributed by atoms with Gasteiger partial charge < -0.3 is 23.9 Å². The van der Waals surface area contributed by atoms with Crippen molar-refractivity contribution in [3.05, 3.63) is 65.8 Å². The number of amides is 1. The van der Waals surface area contributed by atoms with Gasteiger partial charge in [0.1, 0.15) is 17.6 Å². The Bertz CT molecular complexity index is 1120. The molecule has 2 aromatic heterocycles. The SMILES string of the molecule is CN(C)CCCN1C(=O)C(=O)/C(=C(/O)c2cn(C)c3ccccc23)C1c1ccco1. The van der Waals surface area contributed by atoms with Crippen molar-refractivity contribution in [1.82, 2.24) is 14.4 Å². The van der Waals surface area contributed by atoms with Gasteiger partial charge in [0, 0.05) is 36.3 Å². The summed E-state index contributed by atoms with van der Waals surface area (Å²) in [6.45, 7) is 1.16. The van der Waals surface area contributed by atoms with Crippen molar-refractivity contribution in [1.29, 1.82) is 0 Å². The molecule has 7 heteroatoms.